The molecule has 45 heavy (non-hydrogen) atoms. The van der Waals surface area contributed by atoms with Crippen LogP contribution in [0.25, 0.3) is 0 Å². The normalized spacial score (nSPS) is 23.2. The number of ether oxygens (including phenoxy) is 1. The number of nitrogens with one attached hydrogen (secondary N) is 1. The molecule has 1 N–H and O–H groups in total. The topological polar surface area (TPSA) is 85.3 Å². The number of carbonyl (C=O) groups is 1. The molecule has 2 saturated heterocycles. The number of hydrogen-bond acceptors (Lipinski definition) is 7. The van der Waals surface area contributed by atoms with Crippen molar-refractivity contribution in [3.63, 3.8) is 0 Å². The smallest absolute Gasteiger partial charge is 0.399 e. The van der Waals surface area contributed by atoms with Crippen LogP contribution in [0.15, 0.2) is 29.3 Å². The Hall–Kier alpha value is -3.03. The van der Waals surface area contributed by atoms with Gasteiger partial charge in [0.25, 0.3) is 5.91 Å². The Kier molecular flexibility index (Phi) is 7.64. The van der Waals surface area contributed by atoms with E-state index in [1.807, 2.05) is 45.6 Å². The van der Waals surface area contributed by atoms with Gasteiger partial charge in [-0.05, 0) is 83.1 Å². The van der Waals surface area contributed by atoms with Gasteiger partial charge < -0.3 is 24.3 Å². The molecule has 1 spiro atoms. The Morgan fingerprint density at radius 2 is 1.67 bits per heavy atom. The van der Waals surface area contributed by atoms with Crippen LogP contribution in [0, 0.1) is 5.82 Å². The van der Waals surface area contributed by atoms with Crippen molar-refractivity contribution in [3.05, 3.63) is 52.6 Å². The summed E-state index contributed by atoms with van der Waals surface area (Å²) in [6.07, 6.45) is -1.60. The van der Waals surface area contributed by atoms with Crippen molar-refractivity contribution in [1.29, 1.82) is 0 Å². The number of pyridine rings is 1. The fourth-order valence-corrected chi connectivity index (χ4v) is 6.64. The first-order valence-corrected chi connectivity index (χ1v) is 15.4. The van der Waals surface area contributed by atoms with Crippen LogP contribution in [-0.2, 0) is 37.0 Å². The van der Waals surface area contributed by atoms with Gasteiger partial charge in [-0.3, -0.25) is 9.79 Å². The molecule has 0 radical (unpaired) electrons. The van der Waals surface area contributed by atoms with Crippen molar-refractivity contribution < 1.29 is 36.4 Å². The van der Waals surface area contributed by atoms with Gasteiger partial charge >= 0.3 is 13.3 Å². The second-order valence-electron chi connectivity index (χ2n) is 14.0. The van der Waals surface area contributed by atoms with Gasteiger partial charge in [0, 0.05) is 42.4 Å². The van der Waals surface area contributed by atoms with Crippen LogP contribution in [0.5, 0.6) is 0 Å². The zero-order valence-corrected chi connectivity index (χ0v) is 26.5. The summed E-state index contributed by atoms with van der Waals surface area (Å²) in [5.74, 6) is -0.479. The summed E-state index contributed by atoms with van der Waals surface area (Å²) in [5, 5.41) is 2.86. The summed E-state index contributed by atoms with van der Waals surface area (Å²) in [7, 11) is 0.747. The molecule has 1 aromatic heterocycles. The highest BCUT2D eigenvalue weighted by atomic mass is 19.4. The third-order valence-electron chi connectivity index (χ3n) is 10.4. The first kappa shape index (κ1) is 31.9. The number of rotatable bonds is 6. The average Bonchev–Trinajstić information content (AvgIpc) is 3.38. The molecular weight excluding hydrogens is 591 g/mol. The number of hydrogen-bond donors (Lipinski definition) is 1. The number of halogens is 4. The van der Waals surface area contributed by atoms with Crippen molar-refractivity contribution in [1.82, 2.24) is 10.3 Å². The molecule has 4 heterocycles. The highest BCUT2D eigenvalue weighted by Gasteiger charge is 2.52. The molecule has 3 fully saturated rings. The van der Waals surface area contributed by atoms with Crippen LogP contribution < -0.4 is 15.7 Å². The fraction of sp³-hybridized carbons (Fsp3) is 0.594. The van der Waals surface area contributed by atoms with E-state index in [2.05, 4.69) is 10.3 Å². The van der Waals surface area contributed by atoms with Crippen molar-refractivity contribution in [3.8, 4) is 0 Å². The van der Waals surface area contributed by atoms with E-state index in [1.165, 1.54) is 19.2 Å². The predicted molar refractivity (Wildman–Crippen MR) is 162 cm³/mol. The van der Waals surface area contributed by atoms with Gasteiger partial charge in [0.05, 0.1) is 23.5 Å². The summed E-state index contributed by atoms with van der Waals surface area (Å²) in [4.78, 5) is 24.4. The number of aliphatic imine (C=N–C) groups is 1. The number of anilines is 1. The van der Waals surface area contributed by atoms with Crippen molar-refractivity contribution in [2.24, 2.45) is 4.99 Å². The number of alkyl halides is 3. The lowest BCUT2D eigenvalue weighted by molar-refractivity contribution is -0.141. The third-order valence-corrected chi connectivity index (χ3v) is 10.4. The molecule has 0 bridgehead atoms. The Bertz CT molecular complexity index is 1530. The zero-order valence-electron chi connectivity index (χ0n) is 26.5. The van der Waals surface area contributed by atoms with Gasteiger partial charge in [0.2, 0.25) is 0 Å². The molecule has 13 heteroatoms. The molecule has 6 rings (SSSR count). The maximum absolute atomic E-state index is 15.6. The molecule has 1 aliphatic carbocycles. The monoisotopic (exact) mass is 630 g/mol. The summed E-state index contributed by atoms with van der Waals surface area (Å²) >= 11 is 0. The Morgan fingerprint density at radius 1 is 1.02 bits per heavy atom. The Morgan fingerprint density at radius 3 is 2.22 bits per heavy atom. The van der Waals surface area contributed by atoms with Gasteiger partial charge in [-0.15, -0.1) is 0 Å². The quantitative estimate of drug-likeness (QED) is 0.356. The van der Waals surface area contributed by atoms with Crippen LogP contribution in [0.1, 0.15) is 89.2 Å². The van der Waals surface area contributed by atoms with Crippen molar-refractivity contribution in [2.75, 3.05) is 25.1 Å². The lowest BCUT2D eigenvalue weighted by Crippen LogP contribution is -2.49. The summed E-state index contributed by atoms with van der Waals surface area (Å²) < 4.78 is 74.0. The second-order valence-corrected chi connectivity index (χ2v) is 14.0. The number of methoxy groups -OCH3 is 1. The van der Waals surface area contributed by atoms with E-state index in [-0.39, 0.29) is 18.3 Å². The first-order chi connectivity index (χ1) is 21.0. The van der Waals surface area contributed by atoms with Crippen LogP contribution in [0.2, 0.25) is 0 Å². The highest BCUT2D eigenvalue weighted by molar-refractivity contribution is 6.62. The number of carbonyl (C=O) groups excluding carboxylic acids is 1. The fourth-order valence-electron chi connectivity index (χ4n) is 6.64. The number of piperidine rings is 1. The lowest BCUT2D eigenvalue weighted by atomic mass is 9.67. The van der Waals surface area contributed by atoms with E-state index in [4.69, 9.17) is 19.0 Å². The maximum atomic E-state index is 15.6. The lowest BCUT2D eigenvalue weighted by Gasteiger charge is -2.39. The number of nitrogens with zero attached hydrogens (tertiary/aromatic N) is 3. The van der Waals surface area contributed by atoms with E-state index in [0.29, 0.717) is 66.7 Å². The molecule has 8 nitrogen and oxygen atoms in total. The van der Waals surface area contributed by atoms with E-state index >= 15 is 4.39 Å². The molecule has 1 aromatic carbocycles. The molecular formula is C32H39BF4N4O4. The second kappa shape index (κ2) is 10.8. The van der Waals surface area contributed by atoms with Crippen molar-refractivity contribution in [2.45, 2.75) is 102 Å². The van der Waals surface area contributed by atoms with Gasteiger partial charge in [0.1, 0.15) is 22.9 Å². The number of aromatic nitrogens is 1. The standard InChI is InChI=1S/C32H39BF4N4O4/c1-28(2)29(3,4)45-33(44-28)19-16-22(34)21(18-43-6)23(17-19)41-14-12-31(13-15-41)27(42)39-26(40-31)20-8-9-24(32(35,36)37)38-25(20)30(5)10-7-11-30/h8-9,16-17H,7,10-15,18H2,1-6H3,(H,39,40,42). The minimum absolute atomic E-state index is 0.0533. The van der Waals surface area contributed by atoms with E-state index in [0.717, 1.165) is 12.5 Å². The minimum Gasteiger partial charge on any atom is -0.399 e. The van der Waals surface area contributed by atoms with E-state index < -0.39 is 47.0 Å². The van der Waals surface area contributed by atoms with Gasteiger partial charge in [-0.2, -0.15) is 13.2 Å². The average molecular weight is 630 g/mol. The summed E-state index contributed by atoms with van der Waals surface area (Å²) in [6.45, 7) is 10.5. The minimum atomic E-state index is -4.58. The van der Waals surface area contributed by atoms with Gasteiger partial charge in [-0.25, -0.2) is 9.37 Å². The largest absolute Gasteiger partial charge is 0.495 e. The molecule has 1 saturated carbocycles. The summed E-state index contributed by atoms with van der Waals surface area (Å²) in [5.41, 5.74) is -1.44. The molecule has 4 aliphatic rings. The van der Waals surface area contributed by atoms with Crippen LogP contribution in [0.3, 0.4) is 0 Å². The molecule has 1 amide bonds. The van der Waals surface area contributed by atoms with E-state index in [9.17, 15) is 18.0 Å². The molecule has 2 aromatic rings. The number of amides is 1. The van der Waals surface area contributed by atoms with Crippen molar-refractivity contribution >= 4 is 30.0 Å². The number of amidine groups is 1. The molecule has 0 unspecified atom stereocenters. The van der Waals surface area contributed by atoms with Crippen LogP contribution in [-0.4, -0.2) is 60.8 Å². The zero-order chi connectivity index (χ0) is 32.6. The number of benzene rings is 1. The highest BCUT2D eigenvalue weighted by Crippen LogP contribution is 2.45. The van der Waals surface area contributed by atoms with Crippen LogP contribution in [0.4, 0.5) is 23.2 Å². The molecule has 0 atom stereocenters. The van der Waals surface area contributed by atoms with Crippen LogP contribution >= 0.6 is 0 Å². The summed E-state index contributed by atoms with van der Waals surface area (Å²) in [6, 6.07) is 5.61. The Balaban J connectivity index is 1.28. The Labute approximate surface area is 261 Å². The molecule has 242 valence electrons. The SMILES string of the molecule is COCc1c(F)cc(B2OC(C)(C)C(C)(C)O2)cc1N1CCC2(CC1)N=C(c1ccc(C(F)(F)F)nc1C1(C)CCC1)NC2=O. The maximum Gasteiger partial charge on any atom is 0.495 e. The van der Waals surface area contributed by atoms with Gasteiger partial charge in [0.15, 0.2) is 0 Å². The first-order valence-electron chi connectivity index (χ1n) is 15.4. The molecule has 3 aliphatic heterocycles. The van der Waals surface area contributed by atoms with Gasteiger partial charge in [-0.1, -0.05) is 13.3 Å². The predicted octanol–water partition coefficient (Wildman–Crippen LogP) is 5.04. The van der Waals surface area contributed by atoms with E-state index in [1.54, 1.807) is 0 Å². The third kappa shape index (κ3) is 5.44.